The minimum atomic E-state index is -0.775. The van der Waals surface area contributed by atoms with E-state index < -0.39 is 17.2 Å². The number of piperazine rings is 1. The number of hydrogen-bond donors (Lipinski definition) is 1. The van der Waals surface area contributed by atoms with Gasteiger partial charge in [-0.3, -0.25) is 4.79 Å². The van der Waals surface area contributed by atoms with Crippen molar-refractivity contribution in [1.82, 2.24) is 14.1 Å². The summed E-state index contributed by atoms with van der Waals surface area (Å²) in [5, 5.41) is 4.26. The van der Waals surface area contributed by atoms with Crippen molar-refractivity contribution < 1.29 is 13.5 Å². The number of aryl methyl sites for hydroxylation is 1. The Balaban J connectivity index is 1.32. The van der Waals surface area contributed by atoms with Crippen LogP contribution < -0.4 is 20.9 Å². The van der Waals surface area contributed by atoms with Gasteiger partial charge < -0.3 is 15.4 Å². The van der Waals surface area contributed by atoms with Crippen molar-refractivity contribution in [1.29, 1.82) is 0 Å². The van der Waals surface area contributed by atoms with Crippen molar-refractivity contribution in [2.24, 2.45) is 5.41 Å². The average molecular weight is 528 g/mol. The summed E-state index contributed by atoms with van der Waals surface area (Å²) >= 11 is 1.78. The molecule has 2 aromatic carbocycles. The Morgan fingerprint density at radius 2 is 1.78 bits per heavy atom. The second-order valence-electron chi connectivity index (χ2n) is 10.2. The molecule has 0 unspecified atom stereocenters. The molecule has 1 aliphatic heterocycles. The monoisotopic (exact) mass is 527 g/mol. The summed E-state index contributed by atoms with van der Waals surface area (Å²) in [4.78, 5) is 15.5. The third-order valence-corrected chi connectivity index (χ3v) is 8.20. The number of nitrogens with two attached hydrogens (primary N) is 1. The molecule has 2 N–H and O–H groups in total. The maximum absolute atomic E-state index is 13.8. The van der Waals surface area contributed by atoms with Crippen LogP contribution in [0.2, 0.25) is 0 Å². The zero-order valence-corrected chi connectivity index (χ0v) is 21.9. The van der Waals surface area contributed by atoms with E-state index in [9.17, 15) is 13.6 Å². The van der Waals surface area contributed by atoms with E-state index in [0.717, 1.165) is 65.8 Å². The fourth-order valence-electron chi connectivity index (χ4n) is 4.29. The first-order valence-electron chi connectivity index (χ1n) is 12.4. The predicted octanol–water partition coefficient (Wildman–Crippen LogP) is 4.55. The highest BCUT2D eigenvalue weighted by Crippen LogP contribution is 2.45. The molecule has 7 nitrogen and oxygen atoms in total. The van der Waals surface area contributed by atoms with Crippen molar-refractivity contribution in [3.63, 3.8) is 0 Å². The number of ether oxygens (including phenoxy) is 1. The third kappa shape index (κ3) is 5.91. The molecule has 0 spiro atoms. The first-order chi connectivity index (χ1) is 17.7. The quantitative estimate of drug-likeness (QED) is 0.340. The van der Waals surface area contributed by atoms with Crippen LogP contribution in [0.1, 0.15) is 30.9 Å². The zero-order chi connectivity index (χ0) is 26.2. The van der Waals surface area contributed by atoms with Gasteiger partial charge in [-0.15, -0.1) is 0 Å². The summed E-state index contributed by atoms with van der Waals surface area (Å²) in [6.07, 6.45) is 3.65. The average Bonchev–Trinajstić information content (AvgIpc) is 3.60. The highest BCUT2D eigenvalue weighted by molar-refractivity contribution is 7.96. The molecule has 1 saturated heterocycles. The maximum atomic E-state index is 13.8. The van der Waals surface area contributed by atoms with Crippen LogP contribution in [-0.2, 0) is 5.75 Å². The van der Waals surface area contributed by atoms with Gasteiger partial charge in [-0.05, 0) is 49.1 Å². The normalized spacial score (nSPS) is 17.1. The first kappa shape index (κ1) is 25.5. The molecule has 2 heterocycles. The van der Waals surface area contributed by atoms with Crippen LogP contribution in [0.15, 0.2) is 47.4 Å². The zero-order valence-electron chi connectivity index (χ0n) is 21.0. The number of hydrogen-bond acceptors (Lipinski definition) is 7. The number of nitrogens with zero attached hydrogens (tertiary/aromatic N) is 4. The van der Waals surface area contributed by atoms with Crippen molar-refractivity contribution >= 4 is 23.3 Å². The molecule has 3 aromatic rings. The van der Waals surface area contributed by atoms with E-state index in [2.05, 4.69) is 33.4 Å². The van der Waals surface area contributed by atoms with Gasteiger partial charge in [0, 0.05) is 49.1 Å². The lowest BCUT2D eigenvalue weighted by Crippen LogP contribution is -2.44. The predicted molar refractivity (Wildman–Crippen MR) is 143 cm³/mol. The van der Waals surface area contributed by atoms with Crippen molar-refractivity contribution in [3.8, 4) is 11.4 Å². The molecule has 0 amide bonds. The second kappa shape index (κ2) is 10.3. The summed E-state index contributed by atoms with van der Waals surface area (Å²) < 4.78 is 37.1. The molecule has 0 bridgehead atoms. The minimum Gasteiger partial charge on any atom is -0.486 e. The fraction of sp³-hybridized carbons (Fsp3) is 0.407. The minimum absolute atomic E-state index is 0.0238. The molecule has 37 heavy (non-hydrogen) atoms. The van der Waals surface area contributed by atoms with Gasteiger partial charge in [0.25, 0.3) is 0 Å². The Bertz CT molecular complexity index is 1330. The lowest BCUT2D eigenvalue weighted by atomic mass is 10.1. The molecule has 2 fully saturated rings. The summed E-state index contributed by atoms with van der Waals surface area (Å²) in [6, 6.07) is 9.05. The fourth-order valence-corrected chi connectivity index (χ4v) is 5.22. The van der Waals surface area contributed by atoms with E-state index in [1.807, 2.05) is 13.0 Å². The van der Waals surface area contributed by atoms with Gasteiger partial charge in [0.05, 0.1) is 18.5 Å². The molecule has 5 rings (SSSR count). The Morgan fingerprint density at radius 3 is 2.43 bits per heavy atom. The number of halogens is 2. The number of benzene rings is 2. The van der Waals surface area contributed by atoms with Gasteiger partial charge in [0.15, 0.2) is 0 Å². The lowest BCUT2D eigenvalue weighted by Gasteiger charge is -2.35. The highest BCUT2D eigenvalue weighted by Gasteiger charge is 2.39. The molecule has 1 aromatic heterocycles. The molecule has 0 atom stereocenters. The van der Waals surface area contributed by atoms with E-state index in [4.69, 9.17) is 10.5 Å². The van der Waals surface area contributed by atoms with Gasteiger partial charge in [-0.1, -0.05) is 31.0 Å². The van der Waals surface area contributed by atoms with Gasteiger partial charge in [0.1, 0.15) is 17.3 Å². The standard InChI is InChI=1S/C27H31F2N5O2S/c1-18-11-19(3-4-23(18)30)16-37-33-9-7-32(8-10-33)24-15-31-34(22-13-20(28)12-21(29)14-22)26(35)25(24)36-17-27(2)5-6-27/h3-4,11-15H,5-10,16-17,30H2,1-2H3. The molecule has 1 saturated carbocycles. The molecule has 10 heteroatoms. The summed E-state index contributed by atoms with van der Waals surface area (Å²) in [5.74, 6) is -0.520. The second-order valence-corrected chi connectivity index (χ2v) is 11.2. The van der Waals surface area contributed by atoms with Crippen molar-refractivity contribution in [2.75, 3.05) is 43.4 Å². The summed E-state index contributed by atoms with van der Waals surface area (Å²) in [6.45, 7) is 7.53. The van der Waals surface area contributed by atoms with E-state index in [-0.39, 0.29) is 16.9 Å². The Labute approximate surface area is 219 Å². The van der Waals surface area contributed by atoms with E-state index in [0.29, 0.717) is 25.4 Å². The lowest BCUT2D eigenvalue weighted by molar-refractivity contribution is 0.242. The van der Waals surface area contributed by atoms with Crippen LogP contribution in [0.5, 0.6) is 5.75 Å². The molecule has 2 aliphatic rings. The number of rotatable bonds is 8. The molecular formula is C27H31F2N5O2S. The summed E-state index contributed by atoms with van der Waals surface area (Å²) in [7, 11) is 0. The van der Waals surface area contributed by atoms with E-state index >= 15 is 0 Å². The van der Waals surface area contributed by atoms with E-state index in [1.54, 1.807) is 18.1 Å². The van der Waals surface area contributed by atoms with Crippen LogP contribution in [0.3, 0.4) is 0 Å². The SMILES string of the molecule is Cc1cc(CSN2CCN(c3cnn(-c4cc(F)cc(F)c4)c(=O)c3OCC3(C)CC3)CC2)ccc1N. The van der Waals surface area contributed by atoms with Crippen molar-refractivity contribution in [2.45, 2.75) is 32.4 Å². The van der Waals surface area contributed by atoms with Crippen LogP contribution in [0, 0.1) is 24.0 Å². The van der Waals surface area contributed by atoms with E-state index in [1.165, 1.54) is 5.56 Å². The molecule has 1 aliphatic carbocycles. The molecule has 196 valence electrons. The highest BCUT2D eigenvalue weighted by atomic mass is 32.2. The molecule has 0 radical (unpaired) electrons. The van der Waals surface area contributed by atoms with Gasteiger partial charge in [0.2, 0.25) is 5.75 Å². The van der Waals surface area contributed by atoms with Crippen LogP contribution in [0.25, 0.3) is 5.69 Å². The Morgan fingerprint density at radius 1 is 1.08 bits per heavy atom. The topological polar surface area (TPSA) is 76.6 Å². The molecular weight excluding hydrogens is 496 g/mol. The number of anilines is 2. The van der Waals surface area contributed by atoms with Crippen LogP contribution in [-0.4, -0.2) is 46.9 Å². The number of nitrogen functional groups attached to an aromatic ring is 1. The third-order valence-electron chi connectivity index (χ3n) is 7.00. The van der Waals surface area contributed by atoms with Crippen LogP contribution >= 0.6 is 11.9 Å². The Kier molecular flexibility index (Phi) is 7.13. The smallest absolute Gasteiger partial charge is 0.316 e. The largest absolute Gasteiger partial charge is 0.486 e. The van der Waals surface area contributed by atoms with Gasteiger partial charge >= 0.3 is 5.56 Å². The van der Waals surface area contributed by atoms with Crippen molar-refractivity contribution in [3.05, 3.63) is 75.7 Å². The Hall–Kier alpha value is -3.11. The van der Waals surface area contributed by atoms with Gasteiger partial charge in [-0.2, -0.15) is 9.78 Å². The number of aromatic nitrogens is 2. The summed E-state index contributed by atoms with van der Waals surface area (Å²) in [5.41, 5.74) is 9.20. The first-order valence-corrected chi connectivity index (χ1v) is 13.3. The maximum Gasteiger partial charge on any atom is 0.316 e. The van der Waals surface area contributed by atoms with Crippen LogP contribution in [0.4, 0.5) is 20.2 Å². The van der Waals surface area contributed by atoms with Gasteiger partial charge in [-0.25, -0.2) is 13.1 Å².